The van der Waals surface area contributed by atoms with Crippen LogP contribution in [0.15, 0.2) is 39.6 Å². The molecule has 0 radical (unpaired) electrons. The van der Waals surface area contributed by atoms with Gasteiger partial charge in [0.25, 0.3) is 5.91 Å². The zero-order valence-corrected chi connectivity index (χ0v) is 11.8. The predicted molar refractivity (Wildman–Crippen MR) is 76.9 cm³/mol. The lowest BCUT2D eigenvalue weighted by Crippen LogP contribution is -2.41. The van der Waals surface area contributed by atoms with E-state index < -0.39 is 0 Å². The van der Waals surface area contributed by atoms with E-state index in [1.165, 1.54) is 0 Å². The molecule has 0 atom stereocenters. The van der Waals surface area contributed by atoms with Gasteiger partial charge in [0.15, 0.2) is 5.76 Å². The first-order valence-electron chi connectivity index (χ1n) is 7.47. The number of carbonyl (C=O) groups is 1. The van der Waals surface area contributed by atoms with Gasteiger partial charge in [-0.1, -0.05) is 0 Å². The summed E-state index contributed by atoms with van der Waals surface area (Å²) in [5.74, 6) is 1.13. The quantitative estimate of drug-likeness (QED) is 0.851. The molecule has 0 aliphatic carbocycles. The van der Waals surface area contributed by atoms with Crippen LogP contribution in [0.3, 0.4) is 0 Å². The third kappa shape index (κ3) is 2.27. The highest BCUT2D eigenvalue weighted by molar-refractivity contribution is 5.93. The molecule has 2 aromatic heterocycles. The van der Waals surface area contributed by atoms with E-state index in [1.807, 2.05) is 17.0 Å². The van der Waals surface area contributed by atoms with Crippen LogP contribution < -0.4 is 0 Å². The fourth-order valence-corrected chi connectivity index (χ4v) is 3.32. The molecule has 2 bridgehead atoms. The maximum atomic E-state index is 12.7. The molecule has 21 heavy (non-hydrogen) atoms. The van der Waals surface area contributed by atoms with Crippen molar-refractivity contribution in [3.8, 4) is 11.3 Å². The van der Waals surface area contributed by atoms with Crippen LogP contribution in [-0.2, 0) is 0 Å². The molecule has 5 heterocycles. The molecule has 5 heteroatoms. The number of carbonyl (C=O) groups excluding carboxylic acids is 1. The Kier molecular flexibility index (Phi) is 3.07. The van der Waals surface area contributed by atoms with Crippen molar-refractivity contribution < 1.29 is 13.6 Å². The number of piperidine rings is 1. The van der Waals surface area contributed by atoms with Crippen LogP contribution in [0.2, 0.25) is 0 Å². The summed E-state index contributed by atoms with van der Waals surface area (Å²) in [6.45, 7) is 3.96. The molecular formula is C16H18N2O3. The largest absolute Gasteiger partial charge is 0.464 e. The summed E-state index contributed by atoms with van der Waals surface area (Å²) in [7, 11) is 0. The summed E-state index contributed by atoms with van der Waals surface area (Å²) >= 11 is 0. The first-order valence-corrected chi connectivity index (χ1v) is 7.47. The molecule has 110 valence electrons. The summed E-state index contributed by atoms with van der Waals surface area (Å²) in [4.78, 5) is 17.1. The van der Waals surface area contributed by atoms with Crippen molar-refractivity contribution in [3.63, 3.8) is 0 Å². The molecular weight excluding hydrogens is 268 g/mol. The highest BCUT2D eigenvalue weighted by Gasteiger charge is 2.33. The third-order valence-electron chi connectivity index (χ3n) is 4.53. The van der Waals surface area contributed by atoms with Crippen LogP contribution in [0, 0.1) is 0 Å². The number of hydrogen-bond donors (Lipinski definition) is 0. The summed E-state index contributed by atoms with van der Waals surface area (Å²) in [6.07, 6.45) is 5.34. The molecule has 1 amide bonds. The molecule has 3 aliphatic rings. The van der Waals surface area contributed by atoms with Gasteiger partial charge in [-0.3, -0.25) is 4.79 Å². The molecule has 3 saturated heterocycles. The molecule has 0 spiro atoms. The number of furan rings is 2. The number of nitrogens with zero attached hydrogens (tertiary/aromatic N) is 2. The Hall–Kier alpha value is -2.01. The second-order valence-electron chi connectivity index (χ2n) is 5.75. The maximum absolute atomic E-state index is 12.7. The van der Waals surface area contributed by atoms with Crippen molar-refractivity contribution in [2.45, 2.75) is 18.9 Å². The fourth-order valence-electron chi connectivity index (χ4n) is 3.32. The van der Waals surface area contributed by atoms with Crippen molar-refractivity contribution in [2.75, 3.05) is 26.2 Å². The Morgan fingerprint density at radius 3 is 2.76 bits per heavy atom. The Labute approximate surface area is 123 Å². The van der Waals surface area contributed by atoms with Crippen molar-refractivity contribution in [1.29, 1.82) is 0 Å². The highest BCUT2D eigenvalue weighted by Crippen LogP contribution is 2.26. The Morgan fingerprint density at radius 1 is 1.14 bits per heavy atom. The van der Waals surface area contributed by atoms with Crippen LogP contribution in [0.4, 0.5) is 0 Å². The molecule has 3 fully saturated rings. The number of rotatable bonds is 2. The monoisotopic (exact) mass is 286 g/mol. The Balaban J connectivity index is 1.57. The molecule has 0 saturated carbocycles. The molecule has 3 aliphatic heterocycles. The van der Waals surface area contributed by atoms with Crippen molar-refractivity contribution in [1.82, 2.24) is 9.80 Å². The first-order chi connectivity index (χ1) is 10.3. The minimum Gasteiger partial charge on any atom is -0.464 e. The van der Waals surface area contributed by atoms with Crippen molar-refractivity contribution in [3.05, 3.63) is 36.5 Å². The second kappa shape index (κ2) is 5.07. The number of fused-ring (bicyclic) bond motifs is 4. The first kappa shape index (κ1) is 12.7. The number of amides is 1. The van der Waals surface area contributed by atoms with Gasteiger partial charge in [-0.25, -0.2) is 0 Å². The molecule has 5 rings (SSSR count). The van der Waals surface area contributed by atoms with E-state index in [9.17, 15) is 4.79 Å². The fraction of sp³-hybridized carbons (Fsp3) is 0.438. The van der Waals surface area contributed by atoms with Gasteiger partial charge in [0.2, 0.25) is 0 Å². The standard InChI is InChI=1S/C16H18N2O3/c19-16(18-8-7-17-5-3-13(18)4-6-17)15-10-12(11-21-15)14-2-1-9-20-14/h1-2,9-11,13H,3-8H2. The lowest BCUT2D eigenvalue weighted by molar-refractivity contribution is 0.0652. The van der Waals surface area contributed by atoms with Crippen LogP contribution >= 0.6 is 0 Å². The molecule has 0 N–H and O–H groups in total. The molecule has 0 unspecified atom stereocenters. The van der Waals surface area contributed by atoms with Crippen molar-refractivity contribution in [2.24, 2.45) is 0 Å². The highest BCUT2D eigenvalue weighted by atomic mass is 16.3. The third-order valence-corrected chi connectivity index (χ3v) is 4.53. The van der Waals surface area contributed by atoms with Crippen LogP contribution in [0.1, 0.15) is 23.4 Å². The van der Waals surface area contributed by atoms with Crippen molar-refractivity contribution >= 4 is 5.91 Å². The molecule has 5 nitrogen and oxygen atoms in total. The van der Waals surface area contributed by atoms with Gasteiger partial charge in [0.05, 0.1) is 11.8 Å². The topological polar surface area (TPSA) is 49.8 Å². The summed E-state index contributed by atoms with van der Waals surface area (Å²) in [6, 6.07) is 5.82. The average molecular weight is 286 g/mol. The zero-order valence-electron chi connectivity index (χ0n) is 11.8. The number of hydrogen-bond acceptors (Lipinski definition) is 4. The van der Waals surface area contributed by atoms with Gasteiger partial charge in [-0.15, -0.1) is 0 Å². The van der Waals surface area contributed by atoms with Crippen LogP contribution in [-0.4, -0.2) is 47.9 Å². The van der Waals surface area contributed by atoms with Gasteiger partial charge in [-0.2, -0.15) is 0 Å². The van der Waals surface area contributed by atoms with Crippen LogP contribution in [0.25, 0.3) is 11.3 Å². The van der Waals surface area contributed by atoms with E-state index in [2.05, 4.69) is 4.90 Å². The SMILES string of the molecule is O=C(c1cc(-c2ccco2)co1)N1CCN2CCC1CC2. The summed E-state index contributed by atoms with van der Waals surface area (Å²) < 4.78 is 10.8. The van der Waals surface area contributed by atoms with Gasteiger partial charge >= 0.3 is 0 Å². The summed E-state index contributed by atoms with van der Waals surface area (Å²) in [5, 5.41) is 0. The normalized spacial score (nSPS) is 25.0. The van der Waals surface area contributed by atoms with Gasteiger partial charge in [0, 0.05) is 38.3 Å². The van der Waals surface area contributed by atoms with E-state index in [1.54, 1.807) is 18.6 Å². The maximum Gasteiger partial charge on any atom is 0.289 e. The second-order valence-corrected chi connectivity index (χ2v) is 5.75. The zero-order chi connectivity index (χ0) is 14.2. The van der Waals surface area contributed by atoms with E-state index in [4.69, 9.17) is 8.83 Å². The molecule has 0 aromatic carbocycles. The van der Waals surface area contributed by atoms with Gasteiger partial charge in [0.1, 0.15) is 12.0 Å². The lowest BCUT2D eigenvalue weighted by atomic mass is 10.0. The van der Waals surface area contributed by atoms with E-state index >= 15 is 0 Å². The smallest absolute Gasteiger partial charge is 0.289 e. The minimum atomic E-state index is 0.00144. The summed E-state index contributed by atoms with van der Waals surface area (Å²) in [5.41, 5.74) is 0.811. The molecule has 2 aromatic rings. The Morgan fingerprint density at radius 2 is 2.00 bits per heavy atom. The van der Waals surface area contributed by atoms with Crippen LogP contribution in [0.5, 0.6) is 0 Å². The average Bonchev–Trinajstić information content (AvgIpc) is 3.12. The van der Waals surface area contributed by atoms with E-state index in [0.29, 0.717) is 11.8 Å². The van der Waals surface area contributed by atoms with Gasteiger partial charge in [-0.05, 0) is 25.0 Å². The van der Waals surface area contributed by atoms with Gasteiger partial charge < -0.3 is 18.6 Å². The van der Waals surface area contributed by atoms with E-state index in [0.717, 1.165) is 50.3 Å². The lowest BCUT2D eigenvalue weighted by Gasteiger charge is -2.30. The predicted octanol–water partition coefficient (Wildman–Crippen LogP) is 2.46. The Bertz CT molecular complexity index is 624. The van der Waals surface area contributed by atoms with E-state index in [-0.39, 0.29) is 5.91 Å². The minimum absolute atomic E-state index is 0.00144.